The highest BCUT2D eigenvalue weighted by Gasteiger charge is 2.69. The summed E-state index contributed by atoms with van der Waals surface area (Å²) in [7, 11) is 0. The Labute approximate surface area is 79.7 Å². The number of carbonyl (C=O) groups excluding carboxylic acids is 1. The zero-order chi connectivity index (χ0) is 9.85. The topological polar surface area (TPSA) is 29.6 Å². The maximum Gasteiger partial charge on any atom is 0.130 e. The second kappa shape index (κ2) is 2.35. The monoisotopic (exact) mass is 182 g/mol. The summed E-state index contributed by atoms with van der Waals surface area (Å²) in [6.07, 6.45) is 2.22. The van der Waals surface area contributed by atoms with Crippen LogP contribution in [0.25, 0.3) is 0 Å². The van der Waals surface area contributed by atoms with Crippen molar-refractivity contribution in [2.75, 3.05) is 0 Å². The molecule has 1 heterocycles. The Bertz CT molecular complexity index is 257. The van der Waals surface area contributed by atoms with E-state index in [0.717, 1.165) is 12.8 Å². The summed E-state index contributed by atoms with van der Waals surface area (Å²) in [6.45, 7) is 8.32. The molecule has 3 atom stereocenters. The van der Waals surface area contributed by atoms with Crippen molar-refractivity contribution >= 4 is 5.78 Å². The van der Waals surface area contributed by atoms with E-state index < -0.39 is 0 Å². The standard InChI is InChI=1S/C11H18O2/c1-7(12)5-8-6-9-11(4,13-9)10(8,2)3/h8-9H,5-6H2,1-4H3/t8-,9+,11+/m0/s1. The third kappa shape index (κ3) is 1.08. The molecule has 0 spiro atoms. The van der Waals surface area contributed by atoms with Crippen LogP contribution in [0.2, 0.25) is 0 Å². The highest BCUT2D eigenvalue weighted by atomic mass is 16.6. The molecule has 1 aliphatic carbocycles. The van der Waals surface area contributed by atoms with Gasteiger partial charge in [-0.25, -0.2) is 0 Å². The van der Waals surface area contributed by atoms with Crippen LogP contribution in [0.3, 0.4) is 0 Å². The van der Waals surface area contributed by atoms with Gasteiger partial charge in [0.1, 0.15) is 5.78 Å². The largest absolute Gasteiger partial charge is 0.366 e. The third-order valence-electron chi connectivity index (χ3n) is 4.28. The second-order valence-corrected chi connectivity index (χ2v) is 5.27. The van der Waals surface area contributed by atoms with Crippen LogP contribution in [0.15, 0.2) is 0 Å². The van der Waals surface area contributed by atoms with Gasteiger partial charge in [0.15, 0.2) is 0 Å². The van der Waals surface area contributed by atoms with Crippen LogP contribution < -0.4 is 0 Å². The van der Waals surface area contributed by atoms with E-state index in [9.17, 15) is 4.79 Å². The first-order chi connectivity index (χ1) is 5.88. The molecule has 0 N–H and O–H groups in total. The average molecular weight is 182 g/mol. The molecule has 0 radical (unpaired) electrons. The number of fused-ring (bicyclic) bond motifs is 1. The first kappa shape index (κ1) is 9.20. The smallest absolute Gasteiger partial charge is 0.130 e. The van der Waals surface area contributed by atoms with E-state index in [1.165, 1.54) is 0 Å². The minimum Gasteiger partial charge on any atom is -0.366 e. The zero-order valence-corrected chi connectivity index (χ0v) is 8.89. The molecule has 0 aromatic carbocycles. The van der Waals surface area contributed by atoms with E-state index in [1.54, 1.807) is 6.92 Å². The van der Waals surface area contributed by atoms with E-state index in [4.69, 9.17) is 4.74 Å². The average Bonchev–Trinajstić information content (AvgIpc) is 2.56. The number of ether oxygens (including phenoxy) is 1. The van der Waals surface area contributed by atoms with Gasteiger partial charge < -0.3 is 9.53 Å². The van der Waals surface area contributed by atoms with Gasteiger partial charge in [-0.05, 0) is 31.6 Å². The van der Waals surface area contributed by atoms with Crippen molar-refractivity contribution in [2.45, 2.75) is 52.2 Å². The molecule has 2 aliphatic rings. The number of epoxide rings is 1. The van der Waals surface area contributed by atoms with E-state index >= 15 is 0 Å². The highest BCUT2D eigenvalue weighted by molar-refractivity contribution is 5.76. The Morgan fingerprint density at radius 2 is 2.08 bits per heavy atom. The molecule has 1 aliphatic heterocycles. The van der Waals surface area contributed by atoms with Crippen LogP contribution in [0.5, 0.6) is 0 Å². The van der Waals surface area contributed by atoms with Gasteiger partial charge in [-0.15, -0.1) is 0 Å². The van der Waals surface area contributed by atoms with Crippen LogP contribution in [-0.4, -0.2) is 17.5 Å². The fourth-order valence-electron chi connectivity index (χ4n) is 2.75. The van der Waals surface area contributed by atoms with Gasteiger partial charge in [-0.2, -0.15) is 0 Å². The van der Waals surface area contributed by atoms with E-state index in [0.29, 0.717) is 17.8 Å². The number of hydrogen-bond acceptors (Lipinski definition) is 2. The van der Waals surface area contributed by atoms with Crippen molar-refractivity contribution in [3.63, 3.8) is 0 Å². The first-order valence-corrected chi connectivity index (χ1v) is 5.05. The lowest BCUT2D eigenvalue weighted by atomic mass is 9.73. The van der Waals surface area contributed by atoms with Crippen molar-refractivity contribution < 1.29 is 9.53 Å². The molecule has 1 saturated heterocycles. The van der Waals surface area contributed by atoms with Crippen molar-refractivity contribution in [3.8, 4) is 0 Å². The van der Waals surface area contributed by atoms with Crippen molar-refractivity contribution in [3.05, 3.63) is 0 Å². The number of ketones is 1. The maximum atomic E-state index is 11.1. The van der Waals surface area contributed by atoms with Crippen molar-refractivity contribution in [1.29, 1.82) is 0 Å². The van der Waals surface area contributed by atoms with E-state index in [-0.39, 0.29) is 11.0 Å². The van der Waals surface area contributed by atoms with Gasteiger partial charge in [-0.3, -0.25) is 0 Å². The molecule has 0 aromatic heterocycles. The molecule has 2 fully saturated rings. The normalized spacial score (nSPS) is 45.8. The van der Waals surface area contributed by atoms with Gasteiger partial charge in [0.05, 0.1) is 11.7 Å². The Morgan fingerprint density at radius 3 is 2.46 bits per heavy atom. The summed E-state index contributed by atoms with van der Waals surface area (Å²) in [5.74, 6) is 0.830. The molecule has 13 heavy (non-hydrogen) atoms. The number of rotatable bonds is 2. The number of Topliss-reactive ketones (excluding diaryl/α,β-unsaturated/α-hetero) is 1. The number of carbonyl (C=O) groups is 1. The van der Waals surface area contributed by atoms with Crippen molar-refractivity contribution in [2.24, 2.45) is 11.3 Å². The predicted molar refractivity (Wildman–Crippen MR) is 50.5 cm³/mol. The lowest BCUT2D eigenvalue weighted by Gasteiger charge is -2.32. The fraction of sp³-hybridized carbons (Fsp3) is 0.909. The van der Waals surface area contributed by atoms with Crippen LogP contribution in [0, 0.1) is 11.3 Å². The summed E-state index contributed by atoms with van der Waals surface area (Å²) >= 11 is 0. The molecule has 0 unspecified atom stereocenters. The van der Waals surface area contributed by atoms with Crippen LogP contribution >= 0.6 is 0 Å². The molecule has 0 bridgehead atoms. The molecule has 2 nitrogen and oxygen atoms in total. The lowest BCUT2D eigenvalue weighted by molar-refractivity contribution is -0.119. The summed E-state index contributed by atoms with van der Waals surface area (Å²) < 4.78 is 5.66. The predicted octanol–water partition coefficient (Wildman–Crippen LogP) is 2.17. The minimum absolute atomic E-state index is 0.0626. The molecular weight excluding hydrogens is 164 g/mol. The Morgan fingerprint density at radius 1 is 1.46 bits per heavy atom. The van der Waals surface area contributed by atoms with Crippen LogP contribution in [0.1, 0.15) is 40.5 Å². The number of hydrogen-bond donors (Lipinski definition) is 0. The van der Waals surface area contributed by atoms with E-state index in [2.05, 4.69) is 20.8 Å². The summed E-state index contributed by atoms with van der Waals surface area (Å²) in [4.78, 5) is 11.1. The van der Waals surface area contributed by atoms with Gasteiger partial charge >= 0.3 is 0 Å². The minimum atomic E-state index is 0.0626. The van der Waals surface area contributed by atoms with Gasteiger partial charge in [0, 0.05) is 6.42 Å². The molecule has 1 saturated carbocycles. The highest BCUT2D eigenvalue weighted by Crippen LogP contribution is 2.63. The molecule has 2 heteroatoms. The molecular formula is C11H18O2. The van der Waals surface area contributed by atoms with Gasteiger partial charge in [0.2, 0.25) is 0 Å². The SMILES string of the molecule is CC(=O)C[C@H]1C[C@H]2O[C@@]2(C)C1(C)C. The second-order valence-electron chi connectivity index (χ2n) is 5.27. The summed E-state index contributed by atoms with van der Waals surface area (Å²) in [5, 5.41) is 0. The third-order valence-corrected chi connectivity index (χ3v) is 4.28. The first-order valence-electron chi connectivity index (χ1n) is 5.05. The molecule has 74 valence electrons. The molecule has 0 aromatic rings. The van der Waals surface area contributed by atoms with Crippen LogP contribution in [0.4, 0.5) is 0 Å². The van der Waals surface area contributed by atoms with E-state index in [1.807, 2.05) is 0 Å². The van der Waals surface area contributed by atoms with Gasteiger partial charge in [0.25, 0.3) is 0 Å². The zero-order valence-electron chi connectivity index (χ0n) is 8.89. The molecule has 2 rings (SSSR count). The summed E-state index contributed by atoms with van der Waals surface area (Å²) in [5.41, 5.74) is 0.233. The van der Waals surface area contributed by atoms with Gasteiger partial charge in [-0.1, -0.05) is 13.8 Å². The Balaban J connectivity index is 2.13. The quantitative estimate of drug-likeness (QED) is 0.612. The lowest BCUT2D eigenvalue weighted by Crippen LogP contribution is -2.33. The fourth-order valence-corrected chi connectivity index (χ4v) is 2.75. The Kier molecular flexibility index (Phi) is 1.66. The molecule has 0 amide bonds. The van der Waals surface area contributed by atoms with Crippen LogP contribution in [-0.2, 0) is 9.53 Å². The van der Waals surface area contributed by atoms with Crippen molar-refractivity contribution in [1.82, 2.24) is 0 Å². The Hall–Kier alpha value is -0.370. The maximum absolute atomic E-state index is 11.1. The summed E-state index contributed by atoms with van der Waals surface area (Å²) in [6, 6.07) is 0.